The fourth-order valence-electron chi connectivity index (χ4n) is 4.66. The Morgan fingerprint density at radius 3 is 2.11 bits per heavy atom. The van der Waals surface area contributed by atoms with E-state index >= 15 is 0 Å². The number of nitriles is 1. The lowest BCUT2D eigenvalue weighted by molar-refractivity contribution is 0.992. The summed E-state index contributed by atoms with van der Waals surface area (Å²) in [7, 11) is 0. The molecule has 0 saturated heterocycles. The smallest absolute Gasteiger partial charge is 0.162 e. The SMILES string of the molecule is N#Cc1cnc(-c2cnc(-c3ccccc3)nc2Cc2ccccc2)nc1Cc1cccc2ccccc12. The fourth-order valence-corrected chi connectivity index (χ4v) is 4.66. The molecule has 0 bridgehead atoms. The largest absolute Gasteiger partial charge is 0.236 e. The van der Waals surface area contributed by atoms with Crippen LogP contribution in [-0.2, 0) is 12.8 Å². The topological polar surface area (TPSA) is 75.3 Å². The van der Waals surface area contributed by atoms with E-state index in [1.807, 2.05) is 66.7 Å². The van der Waals surface area contributed by atoms with Crippen molar-refractivity contribution in [1.82, 2.24) is 19.9 Å². The lowest BCUT2D eigenvalue weighted by Gasteiger charge is -2.12. The third kappa shape index (κ3) is 4.76. The molecule has 0 N–H and O–H groups in total. The number of nitrogens with zero attached hydrogens (tertiary/aromatic N) is 5. The molecule has 4 aromatic carbocycles. The van der Waals surface area contributed by atoms with E-state index < -0.39 is 0 Å². The Morgan fingerprint density at radius 2 is 1.29 bits per heavy atom. The monoisotopic (exact) mass is 489 g/mol. The van der Waals surface area contributed by atoms with Crippen molar-refractivity contribution in [3.8, 4) is 28.8 Å². The third-order valence-corrected chi connectivity index (χ3v) is 6.58. The van der Waals surface area contributed by atoms with E-state index in [1.165, 1.54) is 0 Å². The second-order valence-corrected chi connectivity index (χ2v) is 9.06. The molecular formula is C33H23N5. The van der Waals surface area contributed by atoms with E-state index in [1.54, 1.807) is 12.4 Å². The van der Waals surface area contributed by atoms with Crippen LogP contribution in [0.15, 0.2) is 116 Å². The summed E-state index contributed by atoms with van der Waals surface area (Å²) in [5.74, 6) is 1.18. The van der Waals surface area contributed by atoms with Gasteiger partial charge in [0, 0.05) is 30.8 Å². The van der Waals surface area contributed by atoms with Gasteiger partial charge in [0.05, 0.1) is 22.5 Å². The zero-order valence-corrected chi connectivity index (χ0v) is 20.6. The predicted octanol–water partition coefficient (Wildman–Crippen LogP) is 6.81. The molecule has 2 aromatic heterocycles. The zero-order valence-electron chi connectivity index (χ0n) is 20.6. The Morgan fingerprint density at radius 1 is 0.605 bits per heavy atom. The van der Waals surface area contributed by atoms with Gasteiger partial charge < -0.3 is 0 Å². The summed E-state index contributed by atoms with van der Waals surface area (Å²) in [4.78, 5) is 19.1. The first kappa shape index (κ1) is 23.2. The van der Waals surface area contributed by atoms with Gasteiger partial charge >= 0.3 is 0 Å². The Bertz CT molecular complexity index is 1770. The number of benzene rings is 4. The number of hydrogen-bond donors (Lipinski definition) is 0. The van der Waals surface area contributed by atoms with Crippen LogP contribution in [0.5, 0.6) is 0 Å². The maximum Gasteiger partial charge on any atom is 0.162 e. The zero-order chi connectivity index (χ0) is 25.7. The van der Waals surface area contributed by atoms with Gasteiger partial charge in [-0.15, -0.1) is 0 Å². The molecule has 0 fully saturated rings. The second kappa shape index (κ2) is 10.4. The predicted molar refractivity (Wildman–Crippen MR) is 149 cm³/mol. The van der Waals surface area contributed by atoms with Crippen LogP contribution >= 0.6 is 0 Å². The minimum atomic E-state index is 0.466. The molecule has 5 heteroatoms. The number of rotatable bonds is 6. The molecule has 0 unspecified atom stereocenters. The van der Waals surface area contributed by atoms with Gasteiger partial charge in [-0.25, -0.2) is 19.9 Å². The van der Waals surface area contributed by atoms with Crippen molar-refractivity contribution < 1.29 is 0 Å². The summed E-state index contributed by atoms with van der Waals surface area (Å²) in [6, 6.07) is 36.9. The van der Waals surface area contributed by atoms with E-state index in [9.17, 15) is 5.26 Å². The summed E-state index contributed by atoms with van der Waals surface area (Å²) in [6.07, 6.45) is 4.55. The number of fused-ring (bicyclic) bond motifs is 1. The Labute approximate surface area is 221 Å². The lowest BCUT2D eigenvalue weighted by Crippen LogP contribution is -2.06. The molecule has 6 rings (SSSR count). The molecule has 2 heterocycles. The van der Waals surface area contributed by atoms with Crippen molar-refractivity contribution in [2.24, 2.45) is 0 Å². The van der Waals surface area contributed by atoms with E-state index in [0.29, 0.717) is 35.7 Å². The van der Waals surface area contributed by atoms with Crippen molar-refractivity contribution in [2.75, 3.05) is 0 Å². The highest BCUT2D eigenvalue weighted by Gasteiger charge is 2.17. The third-order valence-electron chi connectivity index (χ3n) is 6.58. The maximum atomic E-state index is 9.83. The van der Waals surface area contributed by atoms with Crippen LogP contribution in [0.2, 0.25) is 0 Å². The Balaban J connectivity index is 1.45. The molecule has 6 aromatic rings. The van der Waals surface area contributed by atoms with E-state index in [0.717, 1.165) is 38.7 Å². The second-order valence-electron chi connectivity index (χ2n) is 9.06. The van der Waals surface area contributed by atoms with Gasteiger partial charge in [0.1, 0.15) is 6.07 Å². The van der Waals surface area contributed by atoms with Gasteiger partial charge in [-0.05, 0) is 21.9 Å². The molecular weight excluding hydrogens is 466 g/mol. The first-order chi connectivity index (χ1) is 18.8. The molecule has 0 spiro atoms. The van der Waals surface area contributed by atoms with Crippen LogP contribution in [0.1, 0.15) is 28.1 Å². The minimum Gasteiger partial charge on any atom is -0.236 e. The molecule has 38 heavy (non-hydrogen) atoms. The van der Waals surface area contributed by atoms with Gasteiger partial charge in [0.15, 0.2) is 11.6 Å². The Hall–Kier alpha value is -5.21. The Kier molecular flexibility index (Phi) is 6.36. The molecule has 0 aliphatic heterocycles. The van der Waals surface area contributed by atoms with E-state index in [2.05, 4.69) is 52.4 Å². The highest BCUT2D eigenvalue weighted by Crippen LogP contribution is 2.27. The molecule has 0 amide bonds. The van der Waals surface area contributed by atoms with Crippen LogP contribution in [0.25, 0.3) is 33.5 Å². The standard InChI is InChI=1S/C33H23N5/c34-20-27-21-35-33(37-30(27)19-26-16-9-15-24-12-7-8-17-28(24)26)29-22-36-32(25-13-5-2-6-14-25)38-31(29)18-23-10-3-1-4-11-23/h1-17,21-22H,18-19H2. The molecule has 0 saturated carbocycles. The average Bonchev–Trinajstić information content (AvgIpc) is 2.98. The average molecular weight is 490 g/mol. The van der Waals surface area contributed by atoms with Gasteiger partial charge in [0.25, 0.3) is 0 Å². The normalized spacial score (nSPS) is 10.8. The summed E-state index contributed by atoms with van der Waals surface area (Å²) in [5, 5.41) is 12.1. The number of aromatic nitrogens is 4. The maximum absolute atomic E-state index is 9.83. The summed E-state index contributed by atoms with van der Waals surface area (Å²) in [6.45, 7) is 0. The quantitative estimate of drug-likeness (QED) is 0.257. The molecule has 0 atom stereocenters. The highest BCUT2D eigenvalue weighted by molar-refractivity contribution is 5.86. The lowest BCUT2D eigenvalue weighted by atomic mass is 9.99. The van der Waals surface area contributed by atoms with Crippen LogP contribution < -0.4 is 0 Å². The van der Waals surface area contributed by atoms with Crippen molar-refractivity contribution in [3.05, 3.63) is 144 Å². The van der Waals surface area contributed by atoms with Crippen molar-refractivity contribution in [1.29, 1.82) is 5.26 Å². The summed E-state index contributed by atoms with van der Waals surface area (Å²) in [5.41, 5.74) is 5.95. The number of hydrogen-bond acceptors (Lipinski definition) is 5. The van der Waals surface area contributed by atoms with E-state index in [4.69, 9.17) is 9.97 Å². The van der Waals surface area contributed by atoms with Crippen LogP contribution in [0.3, 0.4) is 0 Å². The van der Waals surface area contributed by atoms with Crippen LogP contribution in [0, 0.1) is 11.3 Å². The molecule has 180 valence electrons. The highest BCUT2D eigenvalue weighted by atomic mass is 14.9. The molecule has 5 nitrogen and oxygen atoms in total. The van der Waals surface area contributed by atoms with Crippen molar-refractivity contribution in [2.45, 2.75) is 12.8 Å². The van der Waals surface area contributed by atoms with Gasteiger partial charge in [-0.3, -0.25) is 0 Å². The molecule has 0 aliphatic rings. The van der Waals surface area contributed by atoms with E-state index in [-0.39, 0.29) is 0 Å². The molecule has 0 aliphatic carbocycles. The summed E-state index contributed by atoms with van der Waals surface area (Å²) >= 11 is 0. The van der Waals surface area contributed by atoms with Gasteiger partial charge in [0.2, 0.25) is 0 Å². The first-order valence-corrected chi connectivity index (χ1v) is 12.5. The first-order valence-electron chi connectivity index (χ1n) is 12.5. The van der Waals surface area contributed by atoms with Crippen molar-refractivity contribution >= 4 is 10.8 Å². The molecule has 0 radical (unpaired) electrons. The van der Waals surface area contributed by atoms with Crippen LogP contribution in [0.4, 0.5) is 0 Å². The van der Waals surface area contributed by atoms with Gasteiger partial charge in [-0.1, -0.05) is 103 Å². The van der Waals surface area contributed by atoms with Crippen molar-refractivity contribution in [3.63, 3.8) is 0 Å². The van der Waals surface area contributed by atoms with Gasteiger partial charge in [-0.2, -0.15) is 5.26 Å². The summed E-state index contributed by atoms with van der Waals surface area (Å²) < 4.78 is 0. The van der Waals surface area contributed by atoms with Crippen LogP contribution in [-0.4, -0.2) is 19.9 Å². The minimum absolute atomic E-state index is 0.466. The fraction of sp³-hybridized carbons (Fsp3) is 0.0606.